The molecule has 0 radical (unpaired) electrons. The summed E-state index contributed by atoms with van der Waals surface area (Å²) in [6, 6.07) is 16.8. The number of fused-ring (bicyclic) bond motifs is 2. The Bertz CT molecular complexity index is 1340. The topological polar surface area (TPSA) is 73.7 Å². The summed E-state index contributed by atoms with van der Waals surface area (Å²) in [6.45, 7) is 6.20. The van der Waals surface area contributed by atoms with E-state index in [1.54, 1.807) is 19.1 Å². The van der Waals surface area contributed by atoms with Gasteiger partial charge < -0.3 is 14.9 Å². The molecule has 7 heteroatoms. The second-order valence-electron chi connectivity index (χ2n) is 10.8. The van der Waals surface area contributed by atoms with Crippen molar-refractivity contribution in [2.45, 2.75) is 70.5 Å². The molecule has 1 aliphatic carbocycles. The molecular weight excluding hydrogens is 469 g/mol. The number of benzene rings is 2. The van der Waals surface area contributed by atoms with Crippen molar-refractivity contribution in [3.63, 3.8) is 0 Å². The van der Waals surface area contributed by atoms with Crippen molar-refractivity contribution < 1.29 is 19.1 Å². The Morgan fingerprint density at radius 3 is 2.54 bits per heavy atom. The molecule has 1 fully saturated rings. The Morgan fingerprint density at radius 1 is 1.11 bits per heavy atom. The van der Waals surface area contributed by atoms with Crippen LogP contribution in [0, 0.1) is 11.7 Å². The standard InChI is InChI=1S/C30H34FN3O3/c1-19-30(3,26-16-23(31)11-15-28(26)33(19)18-29(36)37)22-9-13-25(14-10-22)34(20(2)35)17-24-12-8-21-6-4-5-7-27(21)32-24/h4-8,11-12,15-16,19,22,25H,9-10,13-14,17-18H2,1-3H3,(H,36,37). The Hall–Kier alpha value is -3.48. The second-order valence-corrected chi connectivity index (χ2v) is 10.8. The number of carbonyl (C=O) groups excluding carboxylic acids is 1. The number of rotatable bonds is 6. The monoisotopic (exact) mass is 503 g/mol. The first kappa shape index (κ1) is 25.2. The van der Waals surface area contributed by atoms with Crippen LogP contribution in [-0.2, 0) is 21.5 Å². The van der Waals surface area contributed by atoms with Crippen molar-refractivity contribution in [3.8, 4) is 0 Å². The van der Waals surface area contributed by atoms with Gasteiger partial charge in [-0.25, -0.2) is 4.39 Å². The largest absolute Gasteiger partial charge is 0.480 e. The van der Waals surface area contributed by atoms with Gasteiger partial charge in [0.05, 0.1) is 17.8 Å². The van der Waals surface area contributed by atoms with E-state index in [-0.39, 0.29) is 41.7 Å². The third-order valence-electron chi connectivity index (χ3n) is 8.87. The molecule has 1 saturated carbocycles. The summed E-state index contributed by atoms with van der Waals surface area (Å²) in [5.74, 6) is -0.896. The van der Waals surface area contributed by atoms with Crippen molar-refractivity contribution in [3.05, 3.63) is 71.7 Å². The number of carboxylic acid groups (broad SMARTS) is 1. The van der Waals surface area contributed by atoms with E-state index in [2.05, 4.69) is 19.9 Å². The van der Waals surface area contributed by atoms with E-state index in [9.17, 15) is 19.1 Å². The average Bonchev–Trinajstić information content (AvgIpc) is 3.09. The smallest absolute Gasteiger partial charge is 0.323 e. The number of hydrogen-bond acceptors (Lipinski definition) is 4. The van der Waals surface area contributed by atoms with Crippen LogP contribution in [0.3, 0.4) is 0 Å². The van der Waals surface area contributed by atoms with Gasteiger partial charge >= 0.3 is 5.97 Å². The van der Waals surface area contributed by atoms with Crippen molar-refractivity contribution >= 4 is 28.5 Å². The molecule has 0 bridgehead atoms. The van der Waals surface area contributed by atoms with Crippen LogP contribution >= 0.6 is 0 Å². The number of pyridine rings is 1. The maximum absolute atomic E-state index is 14.4. The summed E-state index contributed by atoms with van der Waals surface area (Å²) in [5.41, 5.74) is 3.13. The Morgan fingerprint density at radius 2 is 1.84 bits per heavy atom. The van der Waals surface area contributed by atoms with E-state index >= 15 is 0 Å². The number of amides is 1. The summed E-state index contributed by atoms with van der Waals surface area (Å²) in [7, 11) is 0. The molecule has 0 spiro atoms. The van der Waals surface area contributed by atoms with Gasteiger partial charge in [-0.15, -0.1) is 0 Å². The lowest BCUT2D eigenvalue weighted by molar-refractivity contribution is -0.135. The summed E-state index contributed by atoms with van der Waals surface area (Å²) in [5, 5.41) is 10.6. The second kappa shape index (κ2) is 9.77. The highest BCUT2D eigenvalue weighted by atomic mass is 19.1. The van der Waals surface area contributed by atoms with Crippen LogP contribution in [0.15, 0.2) is 54.6 Å². The van der Waals surface area contributed by atoms with E-state index in [1.807, 2.05) is 40.1 Å². The van der Waals surface area contributed by atoms with Crippen molar-refractivity contribution in [1.82, 2.24) is 9.88 Å². The normalized spacial score (nSPS) is 25.2. The minimum absolute atomic E-state index is 0.0407. The first-order chi connectivity index (χ1) is 17.7. The van der Waals surface area contributed by atoms with Crippen LogP contribution in [0.5, 0.6) is 0 Å². The molecule has 2 heterocycles. The summed E-state index contributed by atoms with van der Waals surface area (Å²) in [6.07, 6.45) is 3.47. The molecule has 2 aliphatic rings. The first-order valence-electron chi connectivity index (χ1n) is 13.1. The highest BCUT2D eigenvalue weighted by Gasteiger charge is 2.51. The Balaban J connectivity index is 1.35. The van der Waals surface area contributed by atoms with Gasteiger partial charge in [0.1, 0.15) is 12.4 Å². The molecule has 194 valence electrons. The zero-order valence-corrected chi connectivity index (χ0v) is 21.7. The van der Waals surface area contributed by atoms with Gasteiger partial charge in [-0.05, 0) is 74.4 Å². The van der Waals surface area contributed by atoms with Crippen molar-refractivity contribution in [1.29, 1.82) is 0 Å². The number of carbonyl (C=O) groups is 2. The van der Waals surface area contributed by atoms with E-state index in [1.165, 1.54) is 6.07 Å². The molecule has 37 heavy (non-hydrogen) atoms. The van der Waals surface area contributed by atoms with Crippen LogP contribution in [0.1, 0.15) is 57.7 Å². The van der Waals surface area contributed by atoms with Gasteiger partial charge in [-0.2, -0.15) is 0 Å². The number of aliphatic carboxylic acids is 1. The third kappa shape index (κ3) is 4.56. The van der Waals surface area contributed by atoms with Gasteiger partial charge in [0.25, 0.3) is 0 Å². The van der Waals surface area contributed by atoms with Crippen molar-refractivity contribution in [2.24, 2.45) is 5.92 Å². The van der Waals surface area contributed by atoms with Gasteiger partial charge in [-0.1, -0.05) is 31.2 Å². The highest BCUT2D eigenvalue weighted by molar-refractivity contribution is 5.79. The molecule has 6 nitrogen and oxygen atoms in total. The van der Waals surface area contributed by atoms with Gasteiger partial charge in [0.2, 0.25) is 5.91 Å². The molecule has 2 atom stereocenters. The zero-order chi connectivity index (χ0) is 26.3. The molecule has 1 aromatic heterocycles. The fourth-order valence-electron chi connectivity index (χ4n) is 6.73. The van der Waals surface area contributed by atoms with Crippen LogP contribution in [0.4, 0.5) is 10.1 Å². The van der Waals surface area contributed by atoms with Gasteiger partial charge in [-0.3, -0.25) is 14.6 Å². The minimum atomic E-state index is -0.894. The van der Waals surface area contributed by atoms with E-state index in [0.29, 0.717) is 6.54 Å². The van der Waals surface area contributed by atoms with Crippen LogP contribution in [0.25, 0.3) is 10.9 Å². The minimum Gasteiger partial charge on any atom is -0.480 e. The molecule has 2 unspecified atom stereocenters. The fourth-order valence-corrected chi connectivity index (χ4v) is 6.73. The van der Waals surface area contributed by atoms with E-state index < -0.39 is 5.97 Å². The summed E-state index contributed by atoms with van der Waals surface area (Å²) < 4.78 is 14.4. The van der Waals surface area contributed by atoms with E-state index in [0.717, 1.165) is 53.5 Å². The van der Waals surface area contributed by atoms with Gasteiger partial charge in [0, 0.05) is 35.5 Å². The predicted octanol–water partition coefficient (Wildman–Crippen LogP) is 5.53. The number of anilines is 1. The Labute approximate surface area is 217 Å². The maximum Gasteiger partial charge on any atom is 0.323 e. The highest BCUT2D eigenvalue weighted by Crippen LogP contribution is 2.53. The molecular formula is C30H34FN3O3. The first-order valence-corrected chi connectivity index (χ1v) is 13.1. The van der Waals surface area contributed by atoms with E-state index in [4.69, 9.17) is 4.98 Å². The molecule has 1 N–H and O–H groups in total. The molecule has 0 saturated heterocycles. The van der Waals surface area contributed by atoms with Crippen molar-refractivity contribution in [2.75, 3.05) is 11.4 Å². The quantitative estimate of drug-likeness (QED) is 0.479. The number of halogens is 1. The third-order valence-corrected chi connectivity index (χ3v) is 8.87. The predicted molar refractivity (Wildman–Crippen MR) is 142 cm³/mol. The average molecular weight is 504 g/mol. The number of nitrogens with zero attached hydrogens (tertiary/aromatic N) is 3. The number of para-hydroxylation sites is 1. The summed E-state index contributed by atoms with van der Waals surface area (Å²) in [4.78, 5) is 32.9. The lowest BCUT2D eigenvalue weighted by atomic mass is 9.63. The van der Waals surface area contributed by atoms with Gasteiger partial charge in [0.15, 0.2) is 0 Å². The maximum atomic E-state index is 14.4. The number of aromatic nitrogens is 1. The summed E-state index contributed by atoms with van der Waals surface area (Å²) >= 11 is 0. The number of carboxylic acids is 1. The molecule has 1 amide bonds. The van der Waals surface area contributed by atoms with Crippen LogP contribution in [-0.4, -0.2) is 45.5 Å². The SMILES string of the molecule is CC(=O)N(Cc1ccc2ccccc2n1)C1CCC(C2(C)c3cc(F)ccc3N(CC(=O)O)C2C)CC1. The molecule has 1 aliphatic heterocycles. The molecule has 3 aromatic rings. The zero-order valence-electron chi connectivity index (χ0n) is 21.7. The lowest BCUT2D eigenvalue weighted by Crippen LogP contribution is -2.49. The molecule has 5 rings (SSSR count). The van der Waals surface area contributed by atoms with Crippen LogP contribution < -0.4 is 4.90 Å². The molecule has 2 aromatic carbocycles. The fraction of sp³-hybridized carbons (Fsp3) is 0.433. The lowest BCUT2D eigenvalue weighted by Gasteiger charge is -2.45. The Kier molecular flexibility index (Phi) is 6.65. The number of hydrogen-bond donors (Lipinski definition) is 1. The van der Waals surface area contributed by atoms with Crippen LogP contribution in [0.2, 0.25) is 0 Å².